The first-order valence-corrected chi connectivity index (χ1v) is 7.56. The summed E-state index contributed by atoms with van der Waals surface area (Å²) in [6.45, 7) is 2.59. The van der Waals surface area contributed by atoms with E-state index >= 15 is 0 Å². The van der Waals surface area contributed by atoms with Crippen LogP contribution in [0.4, 0.5) is 4.79 Å². The number of carbonyl (C=O) groups is 3. The number of nitrogens with one attached hydrogen (secondary N) is 3. The highest BCUT2D eigenvalue weighted by atomic mass is 16.4. The minimum Gasteiger partial charge on any atom is -0.481 e. The minimum atomic E-state index is -0.777. The van der Waals surface area contributed by atoms with E-state index in [-0.39, 0.29) is 18.5 Å². The quantitative estimate of drug-likeness (QED) is 0.521. The third-order valence-electron chi connectivity index (χ3n) is 3.64. The van der Waals surface area contributed by atoms with Crippen LogP contribution in [0.25, 0.3) is 0 Å². The Morgan fingerprint density at radius 1 is 1.24 bits per heavy atom. The molecule has 1 aliphatic rings. The van der Waals surface area contributed by atoms with Gasteiger partial charge in [0.1, 0.15) is 0 Å². The zero-order chi connectivity index (χ0) is 15.7. The van der Waals surface area contributed by atoms with Gasteiger partial charge in [0.25, 0.3) is 0 Å². The van der Waals surface area contributed by atoms with Crippen molar-refractivity contribution < 1.29 is 19.5 Å². The number of unbranched alkanes of at least 4 members (excludes halogenated alkanes) is 1. The fourth-order valence-corrected chi connectivity index (χ4v) is 2.43. The second-order valence-corrected chi connectivity index (χ2v) is 5.44. The Labute approximate surface area is 124 Å². The van der Waals surface area contributed by atoms with E-state index in [2.05, 4.69) is 16.0 Å². The summed E-state index contributed by atoms with van der Waals surface area (Å²) in [6.07, 6.45) is 4.78. The van der Waals surface area contributed by atoms with Crippen LogP contribution in [0.15, 0.2) is 0 Å². The highest BCUT2D eigenvalue weighted by Gasteiger charge is 2.26. The van der Waals surface area contributed by atoms with Crippen LogP contribution in [0.1, 0.15) is 45.4 Å². The van der Waals surface area contributed by atoms with Crippen molar-refractivity contribution in [1.82, 2.24) is 16.0 Å². The standard InChI is InChI=1S/C14H25N3O4/c1-2-3-7-15-14(21)17-12(18)9-16-11-6-4-5-10(8-11)13(19)20/h10-11,16H,2-9H2,1H3,(H,19,20)(H2,15,17,18,21). The van der Waals surface area contributed by atoms with Gasteiger partial charge in [0, 0.05) is 12.6 Å². The predicted octanol–water partition coefficient (Wildman–Crippen LogP) is 0.845. The molecular formula is C14H25N3O4. The lowest BCUT2D eigenvalue weighted by Gasteiger charge is -2.27. The lowest BCUT2D eigenvalue weighted by molar-refractivity contribution is -0.143. The van der Waals surface area contributed by atoms with Gasteiger partial charge in [-0.3, -0.25) is 14.9 Å². The third kappa shape index (κ3) is 7.08. The van der Waals surface area contributed by atoms with Crippen LogP contribution in [-0.2, 0) is 9.59 Å². The van der Waals surface area contributed by atoms with Gasteiger partial charge in [0.2, 0.25) is 5.91 Å². The predicted molar refractivity (Wildman–Crippen MR) is 77.8 cm³/mol. The first-order valence-electron chi connectivity index (χ1n) is 7.56. The van der Waals surface area contributed by atoms with Crippen molar-refractivity contribution in [2.24, 2.45) is 5.92 Å². The van der Waals surface area contributed by atoms with Crippen LogP contribution < -0.4 is 16.0 Å². The summed E-state index contributed by atoms with van der Waals surface area (Å²) in [5.74, 6) is -1.51. The van der Waals surface area contributed by atoms with Gasteiger partial charge in [-0.15, -0.1) is 0 Å². The number of amides is 3. The van der Waals surface area contributed by atoms with Crippen LogP contribution in [-0.4, -0.2) is 42.1 Å². The van der Waals surface area contributed by atoms with E-state index in [0.29, 0.717) is 19.4 Å². The Bertz CT molecular complexity index is 373. The molecule has 2 atom stereocenters. The molecule has 2 unspecified atom stereocenters. The van der Waals surface area contributed by atoms with Crippen LogP contribution in [0.5, 0.6) is 0 Å². The van der Waals surface area contributed by atoms with Crippen molar-refractivity contribution in [3.8, 4) is 0 Å². The number of carboxylic acid groups (broad SMARTS) is 1. The SMILES string of the molecule is CCCCNC(=O)NC(=O)CNC1CCCC(C(=O)O)C1. The molecular weight excluding hydrogens is 274 g/mol. The van der Waals surface area contributed by atoms with Crippen molar-refractivity contribution in [3.05, 3.63) is 0 Å². The van der Waals surface area contributed by atoms with Gasteiger partial charge in [-0.1, -0.05) is 19.8 Å². The Kier molecular flexibility index (Phi) is 7.74. The lowest BCUT2D eigenvalue weighted by Crippen LogP contribution is -2.46. The van der Waals surface area contributed by atoms with Crippen molar-refractivity contribution in [2.75, 3.05) is 13.1 Å². The summed E-state index contributed by atoms with van der Waals surface area (Å²) in [7, 11) is 0. The zero-order valence-electron chi connectivity index (χ0n) is 12.5. The number of rotatable bonds is 7. The van der Waals surface area contributed by atoms with Gasteiger partial charge < -0.3 is 15.7 Å². The zero-order valence-corrected chi connectivity index (χ0v) is 12.5. The maximum atomic E-state index is 11.6. The van der Waals surface area contributed by atoms with E-state index in [1.54, 1.807) is 0 Å². The molecule has 0 aromatic carbocycles. The molecule has 0 aromatic heterocycles. The van der Waals surface area contributed by atoms with Crippen molar-refractivity contribution in [1.29, 1.82) is 0 Å². The van der Waals surface area contributed by atoms with Crippen molar-refractivity contribution in [2.45, 2.75) is 51.5 Å². The Morgan fingerprint density at radius 2 is 2.00 bits per heavy atom. The fourth-order valence-electron chi connectivity index (χ4n) is 2.43. The van der Waals surface area contributed by atoms with Gasteiger partial charge in [0.15, 0.2) is 0 Å². The summed E-state index contributed by atoms with van der Waals surface area (Å²) in [5, 5.41) is 16.9. The molecule has 1 saturated carbocycles. The van der Waals surface area contributed by atoms with Gasteiger partial charge in [0.05, 0.1) is 12.5 Å². The highest BCUT2D eigenvalue weighted by molar-refractivity contribution is 5.95. The van der Waals surface area contributed by atoms with Crippen LogP contribution in [0.2, 0.25) is 0 Å². The Morgan fingerprint density at radius 3 is 2.67 bits per heavy atom. The molecule has 4 N–H and O–H groups in total. The molecule has 7 nitrogen and oxygen atoms in total. The molecule has 3 amide bonds. The number of urea groups is 1. The van der Waals surface area contributed by atoms with Crippen molar-refractivity contribution in [3.63, 3.8) is 0 Å². The first-order chi connectivity index (χ1) is 10.0. The monoisotopic (exact) mass is 299 g/mol. The van der Waals surface area contributed by atoms with E-state index in [4.69, 9.17) is 5.11 Å². The average molecular weight is 299 g/mol. The summed E-state index contributed by atoms with van der Waals surface area (Å²) in [5.41, 5.74) is 0. The maximum Gasteiger partial charge on any atom is 0.321 e. The van der Waals surface area contributed by atoms with Gasteiger partial charge in [-0.05, 0) is 25.7 Å². The van der Waals surface area contributed by atoms with Gasteiger partial charge in [-0.25, -0.2) is 4.79 Å². The minimum absolute atomic E-state index is 0.0220. The largest absolute Gasteiger partial charge is 0.481 e. The molecule has 21 heavy (non-hydrogen) atoms. The average Bonchev–Trinajstić information content (AvgIpc) is 2.45. The fraction of sp³-hybridized carbons (Fsp3) is 0.786. The van der Waals surface area contributed by atoms with E-state index in [1.807, 2.05) is 6.92 Å². The van der Waals surface area contributed by atoms with Crippen LogP contribution in [0.3, 0.4) is 0 Å². The third-order valence-corrected chi connectivity index (χ3v) is 3.64. The normalized spacial score (nSPS) is 21.6. The molecule has 120 valence electrons. The smallest absolute Gasteiger partial charge is 0.321 e. The molecule has 0 aliphatic heterocycles. The second kappa shape index (κ2) is 9.33. The Balaban J connectivity index is 2.20. The second-order valence-electron chi connectivity index (χ2n) is 5.44. The number of hydrogen-bond acceptors (Lipinski definition) is 4. The lowest BCUT2D eigenvalue weighted by atomic mass is 9.86. The van der Waals surface area contributed by atoms with Crippen molar-refractivity contribution >= 4 is 17.9 Å². The molecule has 0 aromatic rings. The van der Waals surface area contributed by atoms with E-state index in [9.17, 15) is 14.4 Å². The number of carbonyl (C=O) groups excluding carboxylic acids is 2. The van der Waals surface area contributed by atoms with E-state index < -0.39 is 17.9 Å². The first kappa shape index (κ1) is 17.4. The molecule has 0 spiro atoms. The summed E-state index contributed by atoms with van der Waals surface area (Å²) < 4.78 is 0. The summed E-state index contributed by atoms with van der Waals surface area (Å²) >= 11 is 0. The van der Waals surface area contributed by atoms with Gasteiger partial charge in [-0.2, -0.15) is 0 Å². The summed E-state index contributed by atoms with van der Waals surface area (Å²) in [6, 6.07) is -0.462. The van der Waals surface area contributed by atoms with Crippen LogP contribution in [0, 0.1) is 5.92 Å². The summed E-state index contributed by atoms with van der Waals surface area (Å²) in [4.78, 5) is 33.9. The van der Waals surface area contributed by atoms with E-state index in [0.717, 1.165) is 25.7 Å². The molecule has 7 heteroatoms. The van der Waals surface area contributed by atoms with Crippen LogP contribution >= 0.6 is 0 Å². The molecule has 0 saturated heterocycles. The molecule has 1 rings (SSSR count). The number of imide groups is 1. The maximum absolute atomic E-state index is 11.6. The number of hydrogen-bond donors (Lipinski definition) is 4. The molecule has 1 aliphatic carbocycles. The number of carboxylic acids is 1. The topological polar surface area (TPSA) is 108 Å². The highest BCUT2D eigenvalue weighted by Crippen LogP contribution is 2.24. The Hall–Kier alpha value is -1.63. The molecule has 0 heterocycles. The molecule has 0 bridgehead atoms. The molecule has 1 fully saturated rings. The van der Waals surface area contributed by atoms with E-state index in [1.165, 1.54) is 0 Å². The van der Waals surface area contributed by atoms with Gasteiger partial charge >= 0.3 is 12.0 Å². The molecule has 0 radical (unpaired) electrons. The number of aliphatic carboxylic acids is 1.